The quantitative estimate of drug-likeness (QED) is 0.466. The molecule has 0 radical (unpaired) electrons. The van der Waals surface area contributed by atoms with Gasteiger partial charge in [-0.05, 0) is 50.2 Å². The first-order valence-electron chi connectivity index (χ1n) is 11.1. The summed E-state index contributed by atoms with van der Waals surface area (Å²) in [5.74, 6) is 0.586. The van der Waals surface area contributed by atoms with Gasteiger partial charge in [-0.15, -0.1) is 0 Å². The van der Waals surface area contributed by atoms with E-state index in [9.17, 15) is 14.4 Å². The van der Waals surface area contributed by atoms with Crippen LogP contribution in [0.5, 0.6) is 11.5 Å². The normalized spacial score (nSPS) is 19.1. The van der Waals surface area contributed by atoms with Crippen LogP contribution in [-0.4, -0.2) is 47.4 Å². The Hall–Kier alpha value is -4.07. The van der Waals surface area contributed by atoms with E-state index in [4.69, 9.17) is 9.47 Å². The van der Waals surface area contributed by atoms with Crippen LogP contribution in [0.2, 0.25) is 0 Å². The number of Topliss-reactive ketones (excluding diaryl/α,β-unsaturated/α-hetero) is 1. The van der Waals surface area contributed by atoms with E-state index in [0.29, 0.717) is 29.9 Å². The molecule has 1 atom stereocenters. The zero-order valence-corrected chi connectivity index (χ0v) is 19.3. The van der Waals surface area contributed by atoms with Gasteiger partial charge < -0.3 is 19.4 Å². The third-order valence-electron chi connectivity index (χ3n) is 6.62. The van der Waals surface area contributed by atoms with Gasteiger partial charge in [-0.25, -0.2) is 4.79 Å². The maximum atomic E-state index is 13.5. The predicted octanol–water partition coefficient (Wildman–Crippen LogP) is 3.52. The number of aryl methyl sites for hydroxylation is 1. The van der Waals surface area contributed by atoms with Crippen molar-refractivity contribution >= 4 is 17.7 Å². The number of methoxy groups -OCH3 is 1. The van der Waals surface area contributed by atoms with Crippen LogP contribution in [-0.2, 0) is 10.3 Å². The van der Waals surface area contributed by atoms with Crippen molar-refractivity contribution in [2.45, 2.75) is 25.8 Å². The molecule has 2 aliphatic rings. The summed E-state index contributed by atoms with van der Waals surface area (Å²) in [6, 6.07) is 15.9. The molecule has 0 aliphatic carbocycles. The summed E-state index contributed by atoms with van der Waals surface area (Å²) in [4.78, 5) is 40.6. The number of ketones is 1. The maximum Gasteiger partial charge on any atom is 0.325 e. The number of carbonyl (C=O) groups excluding carboxylic acids is 3. The number of fused-ring (bicyclic) bond motifs is 2. The van der Waals surface area contributed by atoms with Crippen LogP contribution in [0, 0.1) is 13.8 Å². The van der Waals surface area contributed by atoms with E-state index >= 15 is 0 Å². The number of nitrogens with zero attached hydrogens (tertiary/aromatic N) is 2. The molecule has 3 heterocycles. The average molecular weight is 460 g/mol. The largest absolute Gasteiger partial charge is 0.497 e. The molecule has 34 heavy (non-hydrogen) atoms. The zero-order chi connectivity index (χ0) is 24.0. The highest BCUT2D eigenvalue weighted by Gasteiger charge is 2.55. The number of hydrogen-bond acceptors (Lipinski definition) is 5. The van der Waals surface area contributed by atoms with Crippen LogP contribution in [0.4, 0.5) is 4.79 Å². The molecule has 3 aromatic rings. The lowest BCUT2D eigenvalue weighted by Gasteiger charge is -2.33. The number of rotatable bonds is 5. The molecule has 2 aromatic carbocycles. The van der Waals surface area contributed by atoms with Crippen molar-refractivity contribution in [3.05, 3.63) is 77.1 Å². The lowest BCUT2D eigenvalue weighted by Crippen LogP contribution is -2.47. The number of amides is 3. The Kier molecular flexibility index (Phi) is 5.16. The molecule has 0 unspecified atom stereocenters. The molecule has 0 bridgehead atoms. The highest BCUT2D eigenvalue weighted by atomic mass is 16.5. The molecule has 2 aliphatic heterocycles. The molecule has 1 saturated heterocycles. The number of nitrogens with one attached hydrogen (secondary N) is 1. The second-order valence-corrected chi connectivity index (χ2v) is 8.56. The molecular weight excluding hydrogens is 434 g/mol. The second-order valence-electron chi connectivity index (χ2n) is 8.56. The van der Waals surface area contributed by atoms with Gasteiger partial charge in [0, 0.05) is 34.6 Å². The smallest absolute Gasteiger partial charge is 0.325 e. The van der Waals surface area contributed by atoms with E-state index in [-0.39, 0.29) is 12.3 Å². The van der Waals surface area contributed by atoms with Gasteiger partial charge in [0.1, 0.15) is 11.5 Å². The van der Waals surface area contributed by atoms with Gasteiger partial charge in [-0.1, -0.05) is 18.2 Å². The highest BCUT2D eigenvalue weighted by Crippen LogP contribution is 2.41. The van der Waals surface area contributed by atoms with Gasteiger partial charge >= 0.3 is 6.03 Å². The summed E-state index contributed by atoms with van der Waals surface area (Å²) in [7, 11) is 1.61. The molecule has 1 N–H and O–H groups in total. The Labute approximate surface area is 197 Å². The molecule has 8 nitrogen and oxygen atoms in total. The number of hydrogen-bond donors (Lipinski definition) is 1. The van der Waals surface area contributed by atoms with Crippen LogP contribution < -0.4 is 14.8 Å². The van der Waals surface area contributed by atoms with Gasteiger partial charge in [-0.2, -0.15) is 0 Å². The van der Waals surface area contributed by atoms with Crippen molar-refractivity contribution in [2.24, 2.45) is 0 Å². The van der Waals surface area contributed by atoms with Crippen molar-refractivity contribution < 1.29 is 23.9 Å². The fourth-order valence-corrected chi connectivity index (χ4v) is 4.92. The lowest BCUT2D eigenvalue weighted by molar-refractivity contribution is -0.132. The average Bonchev–Trinajstić information content (AvgIpc) is 3.27. The number of ether oxygens (including phenoxy) is 2. The summed E-state index contributed by atoms with van der Waals surface area (Å²) < 4.78 is 12.9. The number of imide groups is 1. The number of urea groups is 1. The van der Waals surface area contributed by atoms with Gasteiger partial charge in [-0.3, -0.25) is 14.5 Å². The Morgan fingerprint density at radius 1 is 1.12 bits per heavy atom. The van der Waals surface area contributed by atoms with Crippen molar-refractivity contribution in [1.29, 1.82) is 0 Å². The van der Waals surface area contributed by atoms with Crippen molar-refractivity contribution in [3.63, 3.8) is 0 Å². The first kappa shape index (κ1) is 21.8. The van der Waals surface area contributed by atoms with E-state index in [1.165, 1.54) is 0 Å². The second kappa shape index (κ2) is 8.06. The first-order chi connectivity index (χ1) is 16.4. The third kappa shape index (κ3) is 3.25. The lowest BCUT2D eigenvalue weighted by atomic mass is 9.84. The molecule has 1 fully saturated rings. The van der Waals surface area contributed by atoms with E-state index < -0.39 is 17.5 Å². The molecule has 174 valence electrons. The minimum Gasteiger partial charge on any atom is -0.497 e. The molecule has 3 amide bonds. The molecule has 1 spiro atoms. The zero-order valence-electron chi connectivity index (χ0n) is 19.3. The summed E-state index contributed by atoms with van der Waals surface area (Å²) in [5, 5.41) is 2.84. The third-order valence-corrected chi connectivity index (χ3v) is 6.62. The van der Waals surface area contributed by atoms with E-state index in [1.807, 2.05) is 48.7 Å². The standard InChI is InChI=1S/C26H25N3O5/c1-16-14-20(17(2)29(16)18-8-10-19(33-3)11-9-18)22(30)15-28-24(31)26(27-25(28)32)12-13-34-23-7-5-4-6-21(23)26/h4-11,14H,12-13,15H2,1-3H3,(H,27,32)/t26-/m1/s1. The number of benzene rings is 2. The topological polar surface area (TPSA) is 89.9 Å². The summed E-state index contributed by atoms with van der Waals surface area (Å²) in [6.45, 7) is 3.73. The maximum absolute atomic E-state index is 13.5. The number of para-hydroxylation sites is 1. The summed E-state index contributed by atoms with van der Waals surface area (Å²) >= 11 is 0. The number of carbonyl (C=O) groups is 3. The van der Waals surface area contributed by atoms with E-state index in [1.54, 1.807) is 31.4 Å². The SMILES string of the molecule is COc1ccc(-n2c(C)cc(C(=O)CN3C(=O)N[C@@]4(CCOc5ccccc54)C3=O)c2C)cc1. The highest BCUT2D eigenvalue weighted by molar-refractivity contribution is 6.12. The van der Waals surface area contributed by atoms with Gasteiger partial charge in [0.15, 0.2) is 11.3 Å². The molecule has 5 rings (SSSR count). The summed E-state index contributed by atoms with van der Waals surface area (Å²) in [5.41, 5.74) is 2.40. The fraction of sp³-hybridized carbons (Fsp3) is 0.269. The van der Waals surface area contributed by atoms with Gasteiger partial charge in [0.05, 0.1) is 20.3 Å². The molecule has 1 aromatic heterocycles. The van der Waals surface area contributed by atoms with E-state index in [0.717, 1.165) is 27.7 Å². The van der Waals surface area contributed by atoms with Crippen LogP contribution >= 0.6 is 0 Å². The van der Waals surface area contributed by atoms with Gasteiger partial charge in [0.2, 0.25) is 0 Å². The van der Waals surface area contributed by atoms with E-state index in [2.05, 4.69) is 5.32 Å². The monoisotopic (exact) mass is 459 g/mol. The van der Waals surface area contributed by atoms with Crippen LogP contribution in [0.15, 0.2) is 54.6 Å². The molecule has 0 saturated carbocycles. The van der Waals surface area contributed by atoms with Crippen LogP contribution in [0.25, 0.3) is 5.69 Å². The minimum absolute atomic E-state index is 0.297. The van der Waals surface area contributed by atoms with Crippen molar-refractivity contribution in [2.75, 3.05) is 20.3 Å². The number of aromatic nitrogens is 1. The predicted molar refractivity (Wildman–Crippen MR) is 125 cm³/mol. The Bertz CT molecular complexity index is 1310. The molecular formula is C26H25N3O5. The Balaban J connectivity index is 1.42. The van der Waals surface area contributed by atoms with Gasteiger partial charge in [0.25, 0.3) is 5.91 Å². The van der Waals surface area contributed by atoms with Crippen LogP contribution in [0.3, 0.4) is 0 Å². The minimum atomic E-state index is -1.20. The first-order valence-corrected chi connectivity index (χ1v) is 11.1. The Morgan fingerprint density at radius 2 is 1.85 bits per heavy atom. The fourth-order valence-electron chi connectivity index (χ4n) is 4.92. The van der Waals surface area contributed by atoms with Crippen molar-refractivity contribution in [3.8, 4) is 17.2 Å². The van der Waals surface area contributed by atoms with Crippen molar-refractivity contribution in [1.82, 2.24) is 14.8 Å². The Morgan fingerprint density at radius 3 is 2.59 bits per heavy atom. The van der Waals surface area contributed by atoms with Crippen LogP contribution in [0.1, 0.15) is 33.7 Å². The summed E-state index contributed by atoms with van der Waals surface area (Å²) in [6.07, 6.45) is 0.311. The molecule has 8 heteroatoms.